The van der Waals surface area contributed by atoms with Crippen molar-refractivity contribution in [2.24, 2.45) is 0 Å². The first-order chi connectivity index (χ1) is 9.15. The normalized spacial score (nSPS) is 16.1. The summed E-state index contributed by atoms with van der Waals surface area (Å²) < 4.78 is 0. The molecule has 5 heteroatoms. The standard InChI is InChI=1S/C14H21N3O2/c1-15-12-9-6-10-13(14(12)17(18)19)16(2)11-7-4-3-5-8-11/h6,9-11,15H,3-5,7-8H2,1-2H3. The number of hydrogen-bond acceptors (Lipinski definition) is 4. The fourth-order valence-corrected chi connectivity index (χ4v) is 2.87. The predicted molar refractivity (Wildman–Crippen MR) is 77.9 cm³/mol. The Morgan fingerprint density at radius 3 is 2.58 bits per heavy atom. The molecule has 1 aromatic carbocycles. The maximum atomic E-state index is 11.3. The second-order valence-corrected chi connectivity index (χ2v) is 5.08. The molecule has 0 aliphatic heterocycles. The van der Waals surface area contributed by atoms with Gasteiger partial charge in [0.1, 0.15) is 11.4 Å². The van der Waals surface area contributed by atoms with E-state index in [0.717, 1.165) is 12.8 Å². The molecular formula is C14H21N3O2. The van der Waals surface area contributed by atoms with Gasteiger partial charge in [-0.3, -0.25) is 10.1 Å². The minimum absolute atomic E-state index is 0.179. The third-order valence-electron chi connectivity index (χ3n) is 3.97. The third kappa shape index (κ3) is 2.80. The van der Waals surface area contributed by atoms with Crippen LogP contribution in [0.25, 0.3) is 0 Å². The molecule has 1 aliphatic rings. The lowest BCUT2D eigenvalue weighted by atomic mass is 9.94. The summed E-state index contributed by atoms with van der Waals surface area (Å²) in [5.41, 5.74) is 1.46. The fourth-order valence-electron chi connectivity index (χ4n) is 2.87. The first-order valence-corrected chi connectivity index (χ1v) is 6.83. The van der Waals surface area contributed by atoms with Crippen molar-refractivity contribution in [1.82, 2.24) is 0 Å². The molecule has 0 bridgehead atoms. The van der Waals surface area contributed by atoms with E-state index in [0.29, 0.717) is 17.4 Å². The van der Waals surface area contributed by atoms with Gasteiger partial charge in [0.15, 0.2) is 0 Å². The Labute approximate surface area is 113 Å². The molecule has 0 aromatic heterocycles. The van der Waals surface area contributed by atoms with Crippen molar-refractivity contribution >= 4 is 17.1 Å². The van der Waals surface area contributed by atoms with Crippen molar-refractivity contribution in [3.05, 3.63) is 28.3 Å². The number of nitrogens with one attached hydrogen (secondary N) is 1. The monoisotopic (exact) mass is 263 g/mol. The Balaban J connectivity index is 2.34. The van der Waals surface area contributed by atoms with E-state index in [-0.39, 0.29) is 10.6 Å². The number of benzene rings is 1. The Hall–Kier alpha value is -1.78. The molecule has 0 radical (unpaired) electrons. The lowest BCUT2D eigenvalue weighted by molar-refractivity contribution is -0.383. The Morgan fingerprint density at radius 1 is 1.32 bits per heavy atom. The van der Waals surface area contributed by atoms with Gasteiger partial charge in [-0.05, 0) is 25.0 Å². The molecule has 1 saturated carbocycles. The Kier molecular flexibility index (Phi) is 4.24. The van der Waals surface area contributed by atoms with Crippen LogP contribution in [0.1, 0.15) is 32.1 Å². The molecule has 1 aromatic rings. The van der Waals surface area contributed by atoms with Gasteiger partial charge in [0.25, 0.3) is 0 Å². The SMILES string of the molecule is CNc1cccc(N(C)C2CCCCC2)c1[N+](=O)[O-]. The largest absolute Gasteiger partial charge is 0.382 e. The van der Waals surface area contributed by atoms with E-state index in [1.165, 1.54) is 19.3 Å². The maximum absolute atomic E-state index is 11.3. The fraction of sp³-hybridized carbons (Fsp3) is 0.571. The molecule has 0 heterocycles. The summed E-state index contributed by atoms with van der Waals surface area (Å²) in [6.45, 7) is 0. The zero-order valence-corrected chi connectivity index (χ0v) is 11.6. The van der Waals surface area contributed by atoms with Gasteiger partial charge in [-0.25, -0.2) is 0 Å². The number of para-hydroxylation sites is 1. The second-order valence-electron chi connectivity index (χ2n) is 5.08. The van der Waals surface area contributed by atoms with Crippen LogP contribution in [0.4, 0.5) is 17.1 Å². The molecule has 0 amide bonds. The first-order valence-electron chi connectivity index (χ1n) is 6.83. The summed E-state index contributed by atoms with van der Waals surface area (Å²) in [4.78, 5) is 13.1. The lowest BCUT2D eigenvalue weighted by Crippen LogP contribution is -2.33. The smallest absolute Gasteiger partial charge is 0.315 e. The van der Waals surface area contributed by atoms with Gasteiger partial charge >= 0.3 is 5.69 Å². The lowest BCUT2D eigenvalue weighted by Gasteiger charge is -2.32. The van der Waals surface area contributed by atoms with Gasteiger partial charge in [0, 0.05) is 20.1 Å². The van der Waals surface area contributed by atoms with Crippen LogP contribution in [0.15, 0.2) is 18.2 Å². The molecule has 0 unspecified atom stereocenters. The number of hydrogen-bond donors (Lipinski definition) is 1. The molecular weight excluding hydrogens is 242 g/mol. The van der Waals surface area contributed by atoms with Crippen molar-refractivity contribution < 1.29 is 4.92 Å². The summed E-state index contributed by atoms with van der Waals surface area (Å²) in [6.07, 6.45) is 5.96. The summed E-state index contributed by atoms with van der Waals surface area (Å²) in [7, 11) is 3.69. The molecule has 1 fully saturated rings. The predicted octanol–water partition coefficient (Wildman–Crippen LogP) is 3.41. The highest BCUT2D eigenvalue weighted by molar-refractivity contribution is 5.77. The molecule has 5 nitrogen and oxygen atoms in total. The summed E-state index contributed by atoms with van der Waals surface area (Å²) >= 11 is 0. The van der Waals surface area contributed by atoms with E-state index >= 15 is 0 Å². The average molecular weight is 263 g/mol. The third-order valence-corrected chi connectivity index (χ3v) is 3.97. The van der Waals surface area contributed by atoms with Crippen molar-refractivity contribution in [3.63, 3.8) is 0 Å². The van der Waals surface area contributed by atoms with Gasteiger partial charge in [-0.1, -0.05) is 25.3 Å². The molecule has 0 atom stereocenters. The molecule has 0 spiro atoms. The summed E-state index contributed by atoms with van der Waals surface area (Å²) in [5, 5.41) is 14.2. The van der Waals surface area contributed by atoms with E-state index < -0.39 is 0 Å². The van der Waals surface area contributed by atoms with Gasteiger partial charge in [0.05, 0.1) is 4.92 Å². The molecule has 2 rings (SSSR count). The van der Waals surface area contributed by atoms with Gasteiger partial charge in [-0.2, -0.15) is 0 Å². The second kappa shape index (κ2) is 5.91. The topological polar surface area (TPSA) is 58.4 Å². The minimum Gasteiger partial charge on any atom is -0.382 e. The highest BCUT2D eigenvalue weighted by Gasteiger charge is 2.26. The molecule has 19 heavy (non-hydrogen) atoms. The highest BCUT2D eigenvalue weighted by atomic mass is 16.6. The van der Waals surface area contributed by atoms with Crippen LogP contribution in [0.2, 0.25) is 0 Å². The average Bonchev–Trinajstić information content (AvgIpc) is 2.46. The Morgan fingerprint density at radius 2 is 2.00 bits per heavy atom. The Bertz CT molecular complexity index is 456. The number of anilines is 2. The van der Waals surface area contributed by atoms with Crippen LogP contribution in [0.5, 0.6) is 0 Å². The molecule has 0 saturated heterocycles. The quantitative estimate of drug-likeness (QED) is 0.668. The zero-order valence-electron chi connectivity index (χ0n) is 11.6. The minimum atomic E-state index is -0.291. The summed E-state index contributed by atoms with van der Waals surface area (Å²) in [5.74, 6) is 0. The van der Waals surface area contributed by atoms with Gasteiger partial charge in [-0.15, -0.1) is 0 Å². The number of rotatable bonds is 4. The van der Waals surface area contributed by atoms with Crippen molar-refractivity contribution in [2.75, 3.05) is 24.3 Å². The van der Waals surface area contributed by atoms with E-state index in [2.05, 4.69) is 10.2 Å². The van der Waals surface area contributed by atoms with E-state index in [9.17, 15) is 10.1 Å². The van der Waals surface area contributed by atoms with Gasteiger partial charge < -0.3 is 10.2 Å². The number of nitro groups is 1. The maximum Gasteiger partial charge on any atom is 0.315 e. The van der Waals surface area contributed by atoms with E-state index in [4.69, 9.17) is 0 Å². The van der Waals surface area contributed by atoms with Crippen LogP contribution in [0, 0.1) is 10.1 Å². The van der Waals surface area contributed by atoms with Crippen molar-refractivity contribution in [2.45, 2.75) is 38.1 Å². The van der Waals surface area contributed by atoms with Crippen molar-refractivity contribution in [3.8, 4) is 0 Å². The number of nitro benzene ring substituents is 1. The van der Waals surface area contributed by atoms with Crippen LogP contribution in [0.3, 0.4) is 0 Å². The van der Waals surface area contributed by atoms with Crippen LogP contribution < -0.4 is 10.2 Å². The molecule has 104 valence electrons. The number of nitrogens with zero attached hydrogens (tertiary/aromatic N) is 2. The van der Waals surface area contributed by atoms with Crippen LogP contribution >= 0.6 is 0 Å². The molecule has 1 N–H and O–H groups in total. The van der Waals surface area contributed by atoms with E-state index in [1.54, 1.807) is 13.1 Å². The zero-order chi connectivity index (χ0) is 13.8. The highest BCUT2D eigenvalue weighted by Crippen LogP contribution is 2.37. The van der Waals surface area contributed by atoms with Crippen molar-refractivity contribution in [1.29, 1.82) is 0 Å². The first kappa shape index (κ1) is 13.6. The van der Waals surface area contributed by atoms with Crippen LogP contribution in [-0.2, 0) is 0 Å². The van der Waals surface area contributed by atoms with E-state index in [1.807, 2.05) is 19.2 Å². The van der Waals surface area contributed by atoms with Crippen LogP contribution in [-0.4, -0.2) is 25.1 Å². The molecule has 1 aliphatic carbocycles. The summed E-state index contributed by atoms with van der Waals surface area (Å²) in [6, 6.07) is 5.87. The van der Waals surface area contributed by atoms with Gasteiger partial charge in [0.2, 0.25) is 0 Å².